The minimum absolute atomic E-state index is 0.114. The molecule has 1 aliphatic rings. The predicted molar refractivity (Wildman–Crippen MR) is 148 cm³/mol. The lowest BCUT2D eigenvalue weighted by Gasteiger charge is -2.31. The average Bonchev–Trinajstić information content (AvgIpc) is 2.86. The molecule has 9 heteroatoms. The monoisotopic (exact) mass is 540 g/mol. The van der Waals surface area contributed by atoms with Gasteiger partial charge in [-0.1, -0.05) is 36.4 Å². The van der Waals surface area contributed by atoms with Crippen LogP contribution in [-0.4, -0.2) is 65.6 Å². The molecule has 2 amide bonds. The van der Waals surface area contributed by atoms with Gasteiger partial charge in [-0.3, -0.25) is 0 Å². The quantitative estimate of drug-likeness (QED) is 0.431. The fourth-order valence-corrected chi connectivity index (χ4v) is 4.23. The molecule has 1 heterocycles. The molecule has 1 aliphatic heterocycles. The van der Waals surface area contributed by atoms with E-state index in [1.54, 1.807) is 25.7 Å². The number of ether oxygens (including phenoxy) is 3. The third-order valence-electron chi connectivity index (χ3n) is 6.27. The lowest BCUT2D eigenvalue weighted by molar-refractivity contribution is -0.139. The van der Waals surface area contributed by atoms with E-state index in [2.05, 4.69) is 5.32 Å². The molecule has 39 heavy (non-hydrogen) atoms. The Morgan fingerprint density at radius 3 is 2.05 bits per heavy atom. The Bertz CT molecular complexity index is 1100. The Hall–Kier alpha value is -3.75. The Kier molecular flexibility index (Phi) is 10.2. The van der Waals surface area contributed by atoms with Crippen LogP contribution in [0.25, 0.3) is 11.1 Å². The molecular formula is C30H40N2O7. The number of carboxylic acid groups (broad SMARTS) is 1. The van der Waals surface area contributed by atoms with E-state index in [4.69, 9.17) is 14.2 Å². The predicted octanol–water partition coefficient (Wildman–Crippen LogP) is 5.51. The van der Waals surface area contributed by atoms with Crippen molar-refractivity contribution >= 4 is 18.2 Å². The van der Waals surface area contributed by atoms with Crippen LogP contribution in [0, 0.1) is 5.92 Å². The van der Waals surface area contributed by atoms with Crippen LogP contribution in [-0.2, 0) is 20.7 Å². The second-order valence-corrected chi connectivity index (χ2v) is 11.1. The topological polar surface area (TPSA) is 114 Å². The average molecular weight is 541 g/mol. The number of amides is 2. The molecule has 1 fully saturated rings. The number of hydrogen-bond donors (Lipinski definition) is 2. The highest BCUT2D eigenvalue weighted by Crippen LogP contribution is 2.25. The van der Waals surface area contributed by atoms with Crippen molar-refractivity contribution in [1.29, 1.82) is 0 Å². The number of benzene rings is 2. The Labute approximate surface area is 230 Å². The smallest absolute Gasteiger partial charge is 0.410 e. The van der Waals surface area contributed by atoms with E-state index in [-0.39, 0.29) is 18.6 Å². The molecule has 0 saturated carbocycles. The van der Waals surface area contributed by atoms with Crippen molar-refractivity contribution in [2.24, 2.45) is 5.92 Å². The third kappa shape index (κ3) is 9.81. The summed E-state index contributed by atoms with van der Waals surface area (Å²) < 4.78 is 16.5. The maximum Gasteiger partial charge on any atom is 0.410 e. The highest BCUT2D eigenvalue weighted by atomic mass is 16.6. The highest BCUT2D eigenvalue weighted by molar-refractivity contribution is 5.80. The zero-order valence-corrected chi connectivity index (χ0v) is 23.4. The Balaban J connectivity index is 1.49. The molecule has 1 atom stereocenters. The standard InChI is InChI=1S/C30H40N2O7/c1-20(2)38-29(36)32-16-14-22(15-17-32)19-37-25-12-10-24(11-13-25)23-8-6-21(7-9-23)18-26(27(33)34)31-28(35)39-30(3,4)5/h6-13,20,22,26H,14-19H2,1-5H3,(H,31,35)(H,33,34)/t26-/m0/s1. The van der Waals surface area contributed by atoms with E-state index in [0.29, 0.717) is 25.6 Å². The number of likely N-dealkylation sites (tertiary alicyclic amines) is 1. The van der Waals surface area contributed by atoms with Gasteiger partial charge in [0.15, 0.2) is 0 Å². The van der Waals surface area contributed by atoms with Gasteiger partial charge in [0, 0.05) is 19.5 Å². The number of alkyl carbamates (subject to hydrolysis) is 1. The van der Waals surface area contributed by atoms with Gasteiger partial charge in [0.25, 0.3) is 0 Å². The van der Waals surface area contributed by atoms with Crippen molar-refractivity contribution in [3.63, 3.8) is 0 Å². The molecule has 0 bridgehead atoms. The zero-order chi connectivity index (χ0) is 28.6. The highest BCUT2D eigenvalue weighted by Gasteiger charge is 2.25. The Morgan fingerprint density at radius 2 is 1.54 bits per heavy atom. The molecule has 0 unspecified atom stereocenters. The van der Waals surface area contributed by atoms with E-state index in [1.807, 2.05) is 62.4 Å². The minimum Gasteiger partial charge on any atom is -0.493 e. The molecule has 2 N–H and O–H groups in total. The van der Waals surface area contributed by atoms with E-state index in [1.165, 1.54) is 0 Å². The Morgan fingerprint density at radius 1 is 0.974 bits per heavy atom. The summed E-state index contributed by atoms with van der Waals surface area (Å²) in [6.45, 7) is 10.8. The SMILES string of the molecule is CC(C)OC(=O)N1CCC(COc2ccc(-c3ccc(C[C@H](NC(=O)OC(C)(C)C)C(=O)O)cc3)cc2)CC1. The number of hydrogen-bond acceptors (Lipinski definition) is 6. The minimum atomic E-state index is -1.13. The van der Waals surface area contributed by atoms with Crippen LogP contribution in [0.2, 0.25) is 0 Å². The first-order valence-corrected chi connectivity index (χ1v) is 13.4. The summed E-state index contributed by atoms with van der Waals surface area (Å²) in [6.07, 6.45) is 0.788. The number of carboxylic acids is 1. The molecule has 0 aromatic heterocycles. The van der Waals surface area contributed by atoms with Crippen molar-refractivity contribution in [3.8, 4) is 16.9 Å². The lowest BCUT2D eigenvalue weighted by Crippen LogP contribution is -2.44. The molecule has 0 spiro atoms. The maximum absolute atomic E-state index is 12.0. The van der Waals surface area contributed by atoms with Gasteiger partial charge < -0.3 is 29.5 Å². The van der Waals surface area contributed by atoms with E-state index >= 15 is 0 Å². The number of rotatable bonds is 9. The van der Waals surface area contributed by atoms with Gasteiger partial charge >= 0.3 is 18.2 Å². The molecule has 9 nitrogen and oxygen atoms in total. The van der Waals surface area contributed by atoms with Gasteiger partial charge in [-0.25, -0.2) is 14.4 Å². The molecule has 1 saturated heterocycles. The first-order chi connectivity index (χ1) is 18.4. The normalized spacial score (nSPS) is 15.0. The summed E-state index contributed by atoms with van der Waals surface area (Å²) >= 11 is 0. The first kappa shape index (κ1) is 29.8. The summed E-state index contributed by atoms with van der Waals surface area (Å²) in [4.78, 5) is 37.5. The van der Waals surface area contributed by atoms with Crippen LogP contribution < -0.4 is 10.1 Å². The van der Waals surface area contributed by atoms with Crippen molar-refractivity contribution < 1.29 is 33.7 Å². The van der Waals surface area contributed by atoms with Crippen LogP contribution in [0.3, 0.4) is 0 Å². The summed E-state index contributed by atoms with van der Waals surface area (Å²) in [5, 5.41) is 12.0. The van der Waals surface area contributed by atoms with Crippen LogP contribution in [0.15, 0.2) is 48.5 Å². The van der Waals surface area contributed by atoms with Crippen LogP contribution in [0.5, 0.6) is 5.75 Å². The van der Waals surface area contributed by atoms with E-state index < -0.39 is 23.7 Å². The lowest BCUT2D eigenvalue weighted by atomic mass is 9.98. The molecule has 212 valence electrons. The molecule has 3 rings (SSSR count). The van der Waals surface area contributed by atoms with E-state index in [9.17, 15) is 19.5 Å². The van der Waals surface area contributed by atoms with Crippen molar-refractivity contribution in [1.82, 2.24) is 10.2 Å². The summed E-state index contributed by atoms with van der Waals surface area (Å²) in [5.74, 6) is 0.0500. The van der Waals surface area contributed by atoms with Crippen LogP contribution in [0.4, 0.5) is 9.59 Å². The van der Waals surface area contributed by atoms with Crippen molar-refractivity contribution in [3.05, 3.63) is 54.1 Å². The fourth-order valence-electron chi connectivity index (χ4n) is 4.23. The second kappa shape index (κ2) is 13.4. The maximum atomic E-state index is 12.0. The van der Waals surface area contributed by atoms with Crippen molar-refractivity contribution in [2.75, 3.05) is 19.7 Å². The van der Waals surface area contributed by atoms with Gasteiger partial charge in [0.1, 0.15) is 17.4 Å². The van der Waals surface area contributed by atoms with Gasteiger partial charge in [-0.05, 0) is 82.2 Å². The van der Waals surface area contributed by atoms with Gasteiger partial charge in [0.05, 0.1) is 12.7 Å². The number of aliphatic carboxylic acids is 1. The summed E-state index contributed by atoms with van der Waals surface area (Å²) in [6, 6.07) is 14.3. The van der Waals surface area contributed by atoms with Gasteiger partial charge in [-0.2, -0.15) is 0 Å². The molecular weight excluding hydrogens is 500 g/mol. The number of nitrogens with one attached hydrogen (secondary N) is 1. The molecule has 2 aromatic carbocycles. The number of carbonyl (C=O) groups is 3. The largest absolute Gasteiger partial charge is 0.493 e. The fraction of sp³-hybridized carbons (Fsp3) is 0.500. The number of piperidine rings is 1. The third-order valence-corrected chi connectivity index (χ3v) is 6.27. The van der Waals surface area contributed by atoms with E-state index in [0.717, 1.165) is 35.3 Å². The zero-order valence-electron chi connectivity index (χ0n) is 23.4. The van der Waals surface area contributed by atoms with Crippen molar-refractivity contribution in [2.45, 2.75) is 71.6 Å². The van der Waals surface area contributed by atoms with Gasteiger partial charge in [0.2, 0.25) is 0 Å². The number of carbonyl (C=O) groups excluding carboxylic acids is 2. The summed E-state index contributed by atoms with van der Waals surface area (Å²) in [7, 11) is 0. The first-order valence-electron chi connectivity index (χ1n) is 13.4. The number of nitrogens with zero attached hydrogens (tertiary/aromatic N) is 1. The summed E-state index contributed by atoms with van der Waals surface area (Å²) in [5.41, 5.74) is 2.06. The van der Waals surface area contributed by atoms with Crippen LogP contribution >= 0.6 is 0 Å². The second-order valence-electron chi connectivity index (χ2n) is 11.1. The van der Waals surface area contributed by atoms with Crippen LogP contribution in [0.1, 0.15) is 53.0 Å². The molecule has 0 radical (unpaired) electrons. The molecule has 0 aliphatic carbocycles. The van der Waals surface area contributed by atoms with Gasteiger partial charge in [-0.15, -0.1) is 0 Å². The molecule has 2 aromatic rings.